The maximum atomic E-state index is 13.2. The van der Waals surface area contributed by atoms with Crippen LogP contribution in [-0.4, -0.2) is 31.6 Å². The van der Waals surface area contributed by atoms with Gasteiger partial charge in [0.25, 0.3) is 0 Å². The fourth-order valence-corrected chi connectivity index (χ4v) is 4.08. The molecule has 0 fully saturated rings. The van der Waals surface area contributed by atoms with E-state index in [1.807, 2.05) is 18.2 Å². The van der Waals surface area contributed by atoms with Gasteiger partial charge < -0.3 is 24.3 Å². The lowest BCUT2D eigenvalue weighted by atomic mass is 10.2. The van der Waals surface area contributed by atoms with Crippen molar-refractivity contribution in [1.82, 2.24) is 10.4 Å². The fourth-order valence-electron chi connectivity index (χ4n) is 4.08. The Morgan fingerprint density at radius 3 is 2.15 bits per heavy atom. The molecule has 0 unspecified atom stereocenters. The minimum Gasteiger partial charge on any atom is -0.493 e. The predicted octanol–water partition coefficient (Wildman–Crippen LogP) is 6.54. The third-order valence-electron chi connectivity index (χ3n) is 6.00. The number of hydrogen-bond acceptors (Lipinski definition) is 7. The quantitative estimate of drug-likeness (QED) is 0.150. The topological polar surface area (TPSA) is 111 Å². The van der Waals surface area contributed by atoms with E-state index in [0.29, 0.717) is 57.8 Å². The fraction of sp³-hybridized carbons (Fsp3) is 0.0645. The van der Waals surface area contributed by atoms with Crippen molar-refractivity contribution >= 4 is 34.7 Å². The molecular formula is C31H26N4O6. The number of aromatic nitrogens is 1. The number of benzene rings is 4. The Morgan fingerprint density at radius 2 is 1.41 bits per heavy atom. The molecule has 0 spiro atoms. The van der Waals surface area contributed by atoms with Crippen molar-refractivity contribution in [2.24, 2.45) is 0 Å². The minimum atomic E-state index is -0.601. The van der Waals surface area contributed by atoms with Crippen LogP contribution in [-0.2, 0) is 4.79 Å². The number of rotatable bonds is 10. The number of ether oxygens (including phenoxy) is 4. The van der Waals surface area contributed by atoms with Gasteiger partial charge in [0.2, 0.25) is 6.41 Å². The highest BCUT2D eigenvalue weighted by Gasteiger charge is 2.20. The number of hydrazine groups is 1. The summed E-state index contributed by atoms with van der Waals surface area (Å²) in [6, 6.07) is 27.5. The van der Waals surface area contributed by atoms with Gasteiger partial charge in [-0.3, -0.25) is 15.2 Å². The van der Waals surface area contributed by atoms with Crippen LogP contribution in [0, 0.1) is 0 Å². The zero-order chi connectivity index (χ0) is 28.6. The zero-order valence-electron chi connectivity index (χ0n) is 22.2. The number of urea groups is 1. The van der Waals surface area contributed by atoms with Crippen molar-refractivity contribution in [1.29, 1.82) is 0 Å². The van der Waals surface area contributed by atoms with E-state index < -0.39 is 6.03 Å². The summed E-state index contributed by atoms with van der Waals surface area (Å²) in [6.45, 7) is 0. The van der Waals surface area contributed by atoms with Crippen LogP contribution in [0.25, 0.3) is 10.9 Å². The number of para-hydroxylation sites is 3. The van der Waals surface area contributed by atoms with Gasteiger partial charge in [-0.2, -0.15) is 5.01 Å². The smallest absolute Gasteiger partial charge is 0.345 e. The minimum absolute atomic E-state index is 0.345. The number of anilines is 2. The summed E-state index contributed by atoms with van der Waals surface area (Å²) >= 11 is 0. The third-order valence-corrected chi connectivity index (χ3v) is 6.00. The number of hydrogen-bond donors (Lipinski definition) is 2. The van der Waals surface area contributed by atoms with Crippen molar-refractivity contribution in [3.63, 3.8) is 0 Å². The van der Waals surface area contributed by atoms with Crippen LogP contribution in [0.4, 0.5) is 16.2 Å². The number of carbonyl (C=O) groups is 2. The summed E-state index contributed by atoms with van der Waals surface area (Å²) in [7, 11) is 3.13. The van der Waals surface area contributed by atoms with Gasteiger partial charge in [0.05, 0.1) is 19.7 Å². The first-order valence-electron chi connectivity index (χ1n) is 12.5. The molecular weight excluding hydrogens is 524 g/mol. The Labute approximate surface area is 236 Å². The van der Waals surface area contributed by atoms with Gasteiger partial charge in [-0.1, -0.05) is 30.3 Å². The number of pyridine rings is 1. The molecule has 1 aromatic heterocycles. The summed E-state index contributed by atoms with van der Waals surface area (Å²) in [5.74, 6) is 3.20. The van der Waals surface area contributed by atoms with Gasteiger partial charge in [0.1, 0.15) is 22.9 Å². The molecule has 0 saturated heterocycles. The second-order valence-corrected chi connectivity index (χ2v) is 8.56. The molecule has 2 N–H and O–H groups in total. The Morgan fingerprint density at radius 1 is 0.756 bits per heavy atom. The molecule has 5 aromatic rings. The normalized spacial score (nSPS) is 10.4. The molecule has 41 heavy (non-hydrogen) atoms. The Hall–Kier alpha value is -5.77. The van der Waals surface area contributed by atoms with E-state index >= 15 is 0 Å². The van der Waals surface area contributed by atoms with Gasteiger partial charge >= 0.3 is 6.03 Å². The summed E-state index contributed by atoms with van der Waals surface area (Å²) < 4.78 is 22.9. The molecule has 10 heteroatoms. The SMILES string of the molecule is COc1cc2nccc(Oc3ccc(NC(=O)N(NC=O)c4ccccc4Oc4ccccc4)cc3)c2cc1OC. The summed E-state index contributed by atoms with van der Waals surface area (Å²) in [6.07, 6.45) is 2.06. The van der Waals surface area contributed by atoms with Crippen LogP contribution < -0.4 is 34.7 Å². The maximum Gasteiger partial charge on any atom is 0.345 e. The number of nitrogens with one attached hydrogen (secondary N) is 2. The monoisotopic (exact) mass is 550 g/mol. The van der Waals surface area contributed by atoms with E-state index in [2.05, 4.69) is 15.7 Å². The molecule has 4 aromatic carbocycles. The molecule has 0 bridgehead atoms. The van der Waals surface area contributed by atoms with E-state index in [0.717, 1.165) is 10.4 Å². The number of fused-ring (bicyclic) bond motifs is 1. The number of amides is 3. The van der Waals surface area contributed by atoms with Gasteiger partial charge in [-0.25, -0.2) is 4.79 Å². The molecule has 0 saturated carbocycles. The van der Waals surface area contributed by atoms with Crippen LogP contribution in [0.3, 0.4) is 0 Å². The average molecular weight is 551 g/mol. The highest BCUT2D eigenvalue weighted by atomic mass is 16.5. The lowest BCUT2D eigenvalue weighted by Gasteiger charge is -2.23. The van der Waals surface area contributed by atoms with Gasteiger partial charge in [-0.15, -0.1) is 0 Å². The molecule has 0 atom stereocenters. The molecule has 0 aliphatic heterocycles. The van der Waals surface area contributed by atoms with E-state index in [1.165, 1.54) is 0 Å². The summed E-state index contributed by atoms with van der Waals surface area (Å²) in [5.41, 5.74) is 3.94. The molecule has 206 valence electrons. The highest BCUT2D eigenvalue weighted by Crippen LogP contribution is 2.37. The number of methoxy groups -OCH3 is 2. The van der Waals surface area contributed by atoms with Crippen molar-refractivity contribution in [2.45, 2.75) is 0 Å². The van der Waals surface area contributed by atoms with Crippen LogP contribution in [0.5, 0.6) is 34.5 Å². The second kappa shape index (κ2) is 12.4. The molecule has 0 aliphatic rings. The zero-order valence-corrected chi connectivity index (χ0v) is 22.2. The average Bonchev–Trinajstić information content (AvgIpc) is 3.01. The largest absolute Gasteiger partial charge is 0.493 e. The van der Waals surface area contributed by atoms with E-state index in [-0.39, 0.29) is 0 Å². The van der Waals surface area contributed by atoms with Crippen LogP contribution in [0.1, 0.15) is 0 Å². The molecule has 3 amide bonds. The standard InChI is InChI=1S/C31H26N4O6/c1-38-29-18-24-25(19-30(29)39-2)32-17-16-27(24)40-23-14-12-21(13-15-23)34-31(37)35(33-20-36)26-10-6-7-11-28(26)41-22-8-4-3-5-9-22/h3-20H,1-2H3,(H,33,36)(H,34,37). The molecule has 10 nitrogen and oxygen atoms in total. The first-order chi connectivity index (χ1) is 20.1. The summed E-state index contributed by atoms with van der Waals surface area (Å²) in [4.78, 5) is 29.0. The third kappa shape index (κ3) is 6.12. The summed E-state index contributed by atoms with van der Waals surface area (Å²) in [5, 5.41) is 4.59. The lowest BCUT2D eigenvalue weighted by Crippen LogP contribution is -2.45. The van der Waals surface area contributed by atoms with Crippen molar-refractivity contribution in [3.05, 3.63) is 103 Å². The predicted molar refractivity (Wildman–Crippen MR) is 155 cm³/mol. The molecule has 0 aliphatic carbocycles. The molecule has 0 radical (unpaired) electrons. The van der Waals surface area contributed by atoms with Gasteiger partial charge in [0.15, 0.2) is 17.2 Å². The lowest BCUT2D eigenvalue weighted by molar-refractivity contribution is -0.109. The van der Waals surface area contributed by atoms with Crippen molar-refractivity contribution < 1.29 is 28.5 Å². The van der Waals surface area contributed by atoms with E-state index in [1.54, 1.807) is 99.3 Å². The van der Waals surface area contributed by atoms with Crippen molar-refractivity contribution in [3.8, 4) is 34.5 Å². The number of nitrogens with zero attached hydrogens (tertiary/aromatic N) is 2. The molecule has 5 rings (SSSR count). The van der Waals surface area contributed by atoms with Crippen molar-refractivity contribution in [2.75, 3.05) is 24.5 Å². The first kappa shape index (κ1) is 26.8. The van der Waals surface area contributed by atoms with Gasteiger partial charge in [-0.05, 0) is 60.7 Å². The Kier molecular flexibility index (Phi) is 8.11. The number of carbonyl (C=O) groups excluding carboxylic acids is 2. The molecule has 1 heterocycles. The highest BCUT2D eigenvalue weighted by molar-refractivity contribution is 6.03. The van der Waals surface area contributed by atoms with Crippen LogP contribution in [0.2, 0.25) is 0 Å². The van der Waals surface area contributed by atoms with Gasteiger partial charge in [0, 0.05) is 23.3 Å². The van der Waals surface area contributed by atoms with Crippen LogP contribution in [0.15, 0.2) is 103 Å². The Balaban J connectivity index is 1.33. The Bertz CT molecular complexity index is 1660. The first-order valence-corrected chi connectivity index (χ1v) is 12.5. The van der Waals surface area contributed by atoms with E-state index in [9.17, 15) is 9.59 Å². The van der Waals surface area contributed by atoms with E-state index in [4.69, 9.17) is 18.9 Å². The van der Waals surface area contributed by atoms with Crippen LogP contribution >= 0.6 is 0 Å². The maximum absolute atomic E-state index is 13.2. The second-order valence-electron chi connectivity index (χ2n) is 8.56.